The van der Waals surface area contributed by atoms with Crippen LogP contribution >= 0.6 is 0 Å². The van der Waals surface area contributed by atoms with E-state index in [2.05, 4.69) is 64.2 Å². The van der Waals surface area contributed by atoms with Gasteiger partial charge >= 0.3 is 0 Å². The number of nitrogen functional groups attached to an aromatic ring is 2. The van der Waals surface area contributed by atoms with Gasteiger partial charge in [-0.1, -0.05) is 38.6 Å². The maximum Gasteiger partial charge on any atom is 0.291 e. The topological polar surface area (TPSA) is 169 Å². The minimum Gasteiger partial charge on any atom is -0.508 e. The van der Waals surface area contributed by atoms with Gasteiger partial charge in [0.1, 0.15) is 11.4 Å². The number of aromatic nitrogens is 2. The third-order valence-corrected chi connectivity index (χ3v) is 7.41. The molecule has 2 aliphatic heterocycles. The molecule has 1 unspecified atom stereocenters. The average molecular weight is 568 g/mol. The number of anilines is 3. The molecule has 2 aliphatic rings. The van der Waals surface area contributed by atoms with Crippen LogP contribution in [0.2, 0.25) is 0 Å². The Morgan fingerprint density at radius 1 is 1.20 bits per heavy atom. The van der Waals surface area contributed by atoms with Crippen LogP contribution in [0.5, 0.6) is 5.75 Å². The summed E-state index contributed by atoms with van der Waals surface area (Å²) in [4.78, 5) is 37.1. The number of nitrogens with one attached hydrogen (secondary N) is 2. The Kier molecular flexibility index (Phi) is 11.2. The van der Waals surface area contributed by atoms with E-state index in [1.165, 1.54) is 6.42 Å². The SMILES string of the molecule is C=C(NCCN=O)c1[nH]c(=O)c(N2CCN(C3CCN(C(=C)c4ccc(O)cc4N)CC3)C(C)C2)nc1N.CCC. The predicted molar refractivity (Wildman–Crippen MR) is 167 cm³/mol. The van der Waals surface area contributed by atoms with E-state index in [1.54, 1.807) is 12.1 Å². The Labute approximate surface area is 242 Å². The van der Waals surface area contributed by atoms with E-state index < -0.39 is 0 Å². The molecule has 224 valence electrons. The Morgan fingerprint density at radius 3 is 2.49 bits per heavy atom. The number of aromatic amines is 1. The van der Waals surface area contributed by atoms with Crippen molar-refractivity contribution >= 4 is 28.7 Å². The van der Waals surface area contributed by atoms with Crippen LogP contribution in [-0.4, -0.2) is 82.8 Å². The lowest BCUT2D eigenvalue weighted by atomic mass is 9.98. The van der Waals surface area contributed by atoms with Gasteiger partial charge in [0, 0.05) is 74.4 Å². The van der Waals surface area contributed by atoms with Crippen LogP contribution < -0.4 is 27.2 Å². The summed E-state index contributed by atoms with van der Waals surface area (Å²) in [6.07, 6.45) is 3.24. The molecule has 7 N–H and O–H groups in total. The molecule has 12 heteroatoms. The molecule has 0 radical (unpaired) electrons. The first-order chi connectivity index (χ1) is 19.6. The molecule has 0 spiro atoms. The molecule has 0 bridgehead atoms. The molecule has 3 heterocycles. The number of nitrogens with zero attached hydrogens (tertiary/aromatic N) is 5. The fourth-order valence-electron chi connectivity index (χ4n) is 5.40. The number of nitrogens with two attached hydrogens (primary N) is 2. The largest absolute Gasteiger partial charge is 0.508 e. The second-order valence-corrected chi connectivity index (χ2v) is 10.6. The Bertz CT molecular complexity index is 1270. The van der Waals surface area contributed by atoms with Gasteiger partial charge in [0.2, 0.25) is 0 Å². The van der Waals surface area contributed by atoms with Crippen LogP contribution in [0, 0.1) is 4.91 Å². The number of nitroso groups, excluding NO2 is 1. The summed E-state index contributed by atoms with van der Waals surface area (Å²) < 4.78 is 0. The fraction of sp³-hybridized carbons (Fsp3) is 0.517. The number of hydrogen-bond donors (Lipinski definition) is 5. The Hall–Kier alpha value is -4.06. The van der Waals surface area contributed by atoms with E-state index in [0.717, 1.165) is 43.7 Å². The second kappa shape index (κ2) is 14.5. The lowest BCUT2D eigenvalue weighted by molar-refractivity contribution is 0.0865. The van der Waals surface area contributed by atoms with Crippen molar-refractivity contribution in [2.75, 3.05) is 62.2 Å². The van der Waals surface area contributed by atoms with Crippen molar-refractivity contribution in [2.24, 2.45) is 5.18 Å². The summed E-state index contributed by atoms with van der Waals surface area (Å²) in [6, 6.07) is 5.66. The molecule has 1 aromatic heterocycles. The summed E-state index contributed by atoms with van der Waals surface area (Å²) in [5.41, 5.74) is 14.9. The summed E-state index contributed by atoms with van der Waals surface area (Å²) in [5.74, 6) is 0.624. The molecular formula is C29H45N9O3. The number of phenolic OH excluding ortho intramolecular Hbond substituents is 1. The van der Waals surface area contributed by atoms with Crippen molar-refractivity contribution in [2.45, 2.75) is 52.1 Å². The minimum absolute atomic E-state index is 0.0810. The smallest absolute Gasteiger partial charge is 0.291 e. The first-order valence-corrected chi connectivity index (χ1v) is 14.3. The molecule has 2 aromatic rings. The molecule has 12 nitrogen and oxygen atoms in total. The number of phenols is 1. The molecule has 2 saturated heterocycles. The van der Waals surface area contributed by atoms with Crippen LogP contribution in [0.25, 0.3) is 11.4 Å². The lowest BCUT2D eigenvalue weighted by Gasteiger charge is -2.47. The molecule has 0 saturated carbocycles. The lowest BCUT2D eigenvalue weighted by Crippen LogP contribution is -2.58. The molecule has 2 fully saturated rings. The van der Waals surface area contributed by atoms with E-state index in [1.807, 2.05) is 11.0 Å². The number of hydrogen-bond acceptors (Lipinski definition) is 11. The van der Waals surface area contributed by atoms with Crippen LogP contribution in [0.1, 0.15) is 51.3 Å². The number of likely N-dealkylation sites (tertiary alicyclic amines) is 1. The summed E-state index contributed by atoms with van der Waals surface area (Å²) in [6.45, 7) is 18.8. The summed E-state index contributed by atoms with van der Waals surface area (Å²) in [5, 5.41) is 15.4. The highest BCUT2D eigenvalue weighted by atomic mass is 16.3. The quantitative estimate of drug-likeness (QED) is 0.172. The molecule has 0 amide bonds. The van der Waals surface area contributed by atoms with Gasteiger partial charge < -0.3 is 36.7 Å². The van der Waals surface area contributed by atoms with Crippen molar-refractivity contribution in [1.29, 1.82) is 0 Å². The molecule has 41 heavy (non-hydrogen) atoms. The fourth-order valence-corrected chi connectivity index (χ4v) is 5.40. The van der Waals surface area contributed by atoms with Crippen molar-refractivity contribution in [3.05, 3.63) is 57.9 Å². The molecule has 1 atom stereocenters. The van der Waals surface area contributed by atoms with Gasteiger partial charge in [-0.15, -0.1) is 0 Å². The maximum absolute atomic E-state index is 12.9. The third-order valence-electron chi connectivity index (χ3n) is 7.41. The number of rotatable bonds is 9. The highest BCUT2D eigenvalue weighted by Gasteiger charge is 2.33. The van der Waals surface area contributed by atoms with Gasteiger partial charge in [-0.2, -0.15) is 4.91 Å². The van der Waals surface area contributed by atoms with Crippen LogP contribution in [-0.2, 0) is 0 Å². The van der Waals surface area contributed by atoms with Gasteiger partial charge in [0.25, 0.3) is 5.56 Å². The van der Waals surface area contributed by atoms with Gasteiger partial charge in [0.15, 0.2) is 11.6 Å². The summed E-state index contributed by atoms with van der Waals surface area (Å²) in [7, 11) is 0. The van der Waals surface area contributed by atoms with Crippen molar-refractivity contribution < 1.29 is 5.11 Å². The van der Waals surface area contributed by atoms with Crippen LogP contribution in [0.15, 0.2) is 41.3 Å². The van der Waals surface area contributed by atoms with Crippen LogP contribution in [0.3, 0.4) is 0 Å². The average Bonchev–Trinajstić information content (AvgIpc) is 2.94. The third kappa shape index (κ3) is 7.78. The second-order valence-electron chi connectivity index (χ2n) is 10.6. The van der Waals surface area contributed by atoms with E-state index in [4.69, 9.17) is 11.5 Å². The maximum atomic E-state index is 12.9. The van der Waals surface area contributed by atoms with E-state index in [-0.39, 0.29) is 29.7 Å². The van der Waals surface area contributed by atoms with E-state index in [0.29, 0.717) is 48.6 Å². The molecule has 0 aliphatic carbocycles. The number of piperidine rings is 1. The van der Waals surface area contributed by atoms with Gasteiger partial charge in [-0.05, 0) is 31.9 Å². The van der Waals surface area contributed by atoms with Crippen molar-refractivity contribution in [3.8, 4) is 5.75 Å². The molecule has 4 rings (SSSR count). The van der Waals surface area contributed by atoms with Gasteiger partial charge in [0.05, 0.1) is 12.2 Å². The van der Waals surface area contributed by atoms with Crippen molar-refractivity contribution in [3.63, 3.8) is 0 Å². The van der Waals surface area contributed by atoms with E-state index >= 15 is 0 Å². The monoisotopic (exact) mass is 567 g/mol. The van der Waals surface area contributed by atoms with E-state index in [9.17, 15) is 14.8 Å². The Morgan fingerprint density at radius 2 is 1.88 bits per heavy atom. The first kappa shape index (κ1) is 31.5. The van der Waals surface area contributed by atoms with Crippen LogP contribution in [0.4, 0.5) is 17.3 Å². The number of piperazine rings is 1. The number of H-pyrrole nitrogens is 1. The molecular weight excluding hydrogens is 522 g/mol. The predicted octanol–water partition coefficient (Wildman–Crippen LogP) is 3.03. The summed E-state index contributed by atoms with van der Waals surface area (Å²) >= 11 is 0. The minimum atomic E-state index is -0.327. The number of aromatic hydroxyl groups is 1. The highest BCUT2D eigenvalue weighted by Crippen LogP contribution is 2.31. The normalized spacial score (nSPS) is 17.9. The van der Waals surface area contributed by atoms with Gasteiger partial charge in [-0.25, -0.2) is 4.98 Å². The zero-order chi connectivity index (χ0) is 30.1. The number of benzene rings is 1. The zero-order valence-electron chi connectivity index (χ0n) is 24.5. The Balaban J connectivity index is 0.00000147. The van der Waals surface area contributed by atoms with Gasteiger partial charge in [-0.3, -0.25) is 9.69 Å². The standard InChI is InChI=1S/C26H37N9O3.C3H8/c1-16-15-34(25-26(37)31-23(24(28)32-25)17(2)29-8-9-30-38)12-13-35(16)19-6-10-33(11-7-19)18(3)21-5-4-20(36)14-22(21)27;1-3-2/h4-5,14,16,19,29,36H,2-3,6-13,15,27H2,1H3,(H2,28,32)(H,31,37);3H2,1-2H3. The zero-order valence-corrected chi connectivity index (χ0v) is 24.5. The first-order valence-electron chi connectivity index (χ1n) is 14.3. The van der Waals surface area contributed by atoms with Crippen molar-refractivity contribution in [1.82, 2.24) is 25.1 Å². The highest BCUT2D eigenvalue weighted by molar-refractivity contribution is 5.73. The molecule has 1 aromatic carbocycles.